The smallest absolute Gasteiger partial charge is 0.250 e. The summed E-state index contributed by atoms with van der Waals surface area (Å²) >= 11 is 0. The highest BCUT2D eigenvalue weighted by Gasteiger charge is 2.70. The fourth-order valence-corrected chi connectivity index (χ4v) is 11.5. The Morgan fingerprint density at radius 1 is 1.00 bits per heavy atom. The van der Waals surface area contributed by atoms with Crippen molar-refractivity contribution in [3.8, 4) is 11.3 Å². The summed E-state index contributed by atoms with van der Waals surface area (Å²) in [6, 6.07) is 1.63. The predicted octanol–water partition coefficient (Wildman–Crippen LogP) is 7.26. The third-order valence-electron chi connectivity index (χ3n) is 14.4. The van der Waals surface area contributed by atoms with E-state index in [1.54, 1.807) is 29.4 Å². The van der Waals surface area contributed by atoms with Gasteiger partial charge in [0.15, 0.2) is 11.6 Å². The lowest BCUT2D eigenvalue weighted by Crippen LogP contribution is -2.66. The standard InChI is InChI=1S/C40H47N5O4/c1-35(2)11-13-40(34(49)45-21-27(44-22-45)23-15-24(33(41)48)20-43-19-23)14-12-39(7)31(25(40)17-35)28(46)16-30-37(5)18-26(42-8)32(47)36(3,4)29(37)9-10-38(30,39)6/h15-16,18-22,25,29,31H,9-14,17H2,1-7H3,(H2,41,48)/t25?,29?,31-,37-,38+,39+,40-/m0/s1. The Kier molecular flexibility index (Phi) is 7.08. The number of aromatic nitrogens is 3. The van der Waals surface area contributed by atoms with Crippen molar-refractivity contribution < 1.29 is 19.2 Å². The van der Waals surface area contributed by atoms with Crippen molar-refractivity contribution in [3.63, 3.8) is 0 Å². The summed E-state index contributed by atoms with van der Waals surface area (Å²) in [5.41, 5.74) is 5.24. The SMILES string of the molecule is [C-]#[N+]C1=C[C@]2(C)C3=CC(=O)[C@@H]4C5CC(C)(C)CC[C@]5(C(=O)n5cnc(-c6cncc(C(N)=O)c6)c5)CC[C@@]4(C)[C@]3(C)CCC2C(C)(C)C1=O. The van der Waals surface area contributed by atoms with E-state index in [-0.39, 0.29) is 57.3 Å². The molecule has 2 heterocycles. The Morgan fingerprint density at radius 2 is 1.71 bits per heavy atom. The molecular weight excluding hydrogens is 614 g/mol. The van der Waals surface area contributed by atoms with Crippen molar-refractivity contribution in [1.29, 1.82) is 0 Å². The van der Waals surface area contributed by atoms with Crippen LogP contribution in [0.3, 0.4) is 0 Å². The zero-order chi connectivity index (χ0) is 35.5. The molecule has 9 nitrogen and oxygen atoms in total. The van der Waals surface area contributed by atoms with E-state index in [1.165, 1.54) is 6.20 Å². The van der Waals surface area contributed by atoms with Crippen molar-refractivity contribution >= 4 is 23.4 Å². The van der Waals surface area contributed by atoms with Crippen LogP contribution in [0.5, 0.6) is 0 Å². The van der Waals surface area contributed by atoms with E-state index >= 15 is 0 Å². The summed E-state index contributed by atoms with van der Waals surface area (Å²) in [6.45, 7) is 23.0. The number of ketones is 2. The van der Waals surface area contributed by atoms with Crippen LogP contribution in [0.2, 0.25) is 0 Å². The van der Waals surface area contributed by atoms with Crippen LogP contribution >= 0.6 is 0 Å². The van der Waals surface area contributed by atoms with Gasteiger partial charge in [-0.3, -0.25) is 23.9 Å². The molecule has 5 aliphatic rings. The normalized spacial score (nSPS) is 37.3. The molecule has 49 heavy (non-hydrogen) atoms. The first-order valence-corrected chi connectivity index (χ1v) is 17.6. The molecule has 0 aromatic carbocycles. The van der Waals surface area contributed by atoms with Gasteiger partial charge < -0.3 is 10.5 Å². The molecule has 0 saturated heterocycles. The van der Waals surface area contributed by atoms with E-state index in [1.807, 2.05) is 26.0 Å². The molecule has 2 aromatic rings. The van der Waals surface area contributed by atoms with Gasteiger partial charge in [0.05, 0.1) is 23.2 Å². The minimum Gasteiger partial charge on any atom is -0.366 e. The number of hydrogen-bond donors (Lipinski definition) is 1. The molecule has 0 radical (unpaired) electrons. The number of carbonyl (C=O) groups excluding carboxylic acids is 4. The fourth-order valence-electron chi connectivity index (χ4n) is 11.5. The number of pyridine rings is 1. The number of carbonyl (C=O) groups is 4. The van der Waals surface area contributed by atoms with Crippen LogP contribution in [-0.4, -0.2) is 37.9 Å². The van der Waals surface area contributed by atoms with Crippen LogP contribution in [0.1, 0.15) is 109 Å². The van der Waals surface area contributed by atoms with Crippen LogP contribution in [0.15, 0.2) is 54.4 Å². The lowest BCUT2D eigenvalue weighted by molar-refractivity contribution is -0.164. The predicted molar refractivity (Wildman–Crippen MR) is 184 cm³/mol. The molecule has 256 valence electrons. The van der Waals surface area contributed by atoms with Crippen molar-refractivity contribution in [2.45, 2.75) is 93.4 Å². The number of hydrogen-bond acceptors (Lipinski definition) is 6. The van der Waals surface area contributed by atoms with Gasteiger partial charge in [0.25, 0.3) is 0 Å². The maximum atomic E-state index is 14.9. The summed E-state index contributed by atoms with van der Waals surface area (Å²) in [7, 11) is 0. The first kappa shape index (κ1) is 33.3. The first-order valence-electron chi connectivity index (χ1n) is 17.6. The number of fused-ring (bicyclic) bond motifs is 7. The van der Waals surface area contributed by atoms with E-state index in [4.69, 9.17) is 12.3 Å². The minimum absolute atomic E-state index is 0.0162. The van der Waals surface area contributed by atoms with Gasteiger partial charge in [-0.05, 0) is 85.2 Å². The topological polar surface area (TPSA) is 129 Å². The Labute approximate surface area is 288 Å². The van der Waals surface area contributed by atoms with E-state index in [0.29, 0.717) is 30.5 Å². The van der Waals surface area contributed by atoms with Crippen LogP contribution in [-0.2, 0) is 9.59 Å². The Morgan fingerprint density at radius 3 is 2.41 bits per heavy atom. The lowest BCUT2D eigenvalue weighted by Gasteiger charge is -2.69. The van der Waals surface area contributed by atoms with Crippen LogP contribution in [0, 0.1) is 56.8 Å². The number of nitrogens with two attached hydrogens (primary N) is 1. The van der Waals surface area contributed by atoms with Crippen LogP contribution in [0.25, 0.3) is 16.1 Å². The number of imidazole rings is 1. The van der Waals surface area contributed by atoms with E-state index in [2.05, 4.69) is 49.4 Å². The molecule has 3 saturated carbocycles. The van der Waals surface area contributed by atoms with Crippen LogP contribution in [0.4, 0.5) is 0 Å². The molecule has 2 unspecified atom stereocenters. The summed E-state index contributed by atoms with van der Waals surface area (Å²) in [5, 5.41) is 0. The summed E-state index contributed by atoms with van der Waals surface area (Å²) in [6.07, 6.45) is 15.4. The molecule has 7 atom stereocenters. The van der Waals surface area contributed by atoms with Gasteiger partial charge >= 0.3 is 0 Å². The number of rotatable bonds is 3. The average molecular weight is 662 g/mol. The number of primary amides is 1. The number of nitrogens with zero attached hydrogens (tertiary/aromatic N) is 4. The van der Waals surface area contributed by atoms with Gasteiger partial charge in [-0.1, -0.05) is 60.1 Å². The quantitative estimate of drug-likeness (QED) is 0.345. The first-order chi connectivity index (χ1) is 22.8. The molecule has 7 rings (SSSR count). The average Bonchev–Trinajstić information content (AvgIpc) is 3.54. The van der Waals surface area contributed by atoms with Gasteiger partial charge in [-0.25, -0.2) is 9.83 Å². The molecule has 9 heteroatoms. The van der Waals surface area contributed by atoms with Gasteiger partial charge in [-0.15, -0.1) is 0 Å². The van der Waals surface area contributed by atoms with E-state index in [9.17, 15) is 19.2 Å². The zero-order valence-electron chi connectivity index (χ0n) is 29.7. The minimum atomic E-state index is -0.736. The third kappa shape index (κ3) is 4.41. The largest absolute Gasteiger partial charge is 0.366 e. The molecule has 5 aliphatic carbocycles. The third-order valence-corrected chi connectivity index (χ3v) is 14.4. The highest BCUT2D eigenvalue weighted by atomic mass is 16.2. The molecule has 0 bridgehead atoms. The van der Waals surface area contributed by atoms with E-state index in [0.717, 1.165) is 31.3 Å². The molecule has 1 amide bonds. The van der Waals surface area contributed by atoms with Crippen LogP contribution < -0.4 is 5.73 Å². The Bertz CT molecular complexity index is 1940. The highest BCUT2D eigenvalue weighted by molar-refractivity contribution is 6.03. The molecule has 0 aliphatic heterocycles. The van der Waals surface area contributed by atoms with Gasteiger partial charge in [-0.2, -0.15) is 0 Å². The van der Waals surface area contributed by atoms with Gasteiger partial charge in [0.2, 0.25) is 17.5 Å². The van der Waals surface area contributed by atoms with E-state index < -0.39 is 27.6 Å². The Hall–Kier alpha value is -4.19. The molecule has 0 spiro atoms. The molecule has 3 fully saturated rings. The van der Waals surface area contributed by atoms with Gasteiger partial charge in [0.1, 0.15) is 6.33 Å². The molecule has 2 N–H and O–H groups in total. The maximum Gasteiger partial charge on any atom is 0.250 e. The molecule has 2 aromatic heterocycles. The Balaban J connectivity index is 1.32. The summed E-state index contributed by atoms with van der Waals surface area (Å²) in [5.74, 6) is -1.18. The summed E-state index contributed by atoms with van der Waals surface area (Å²) < 4.78 is 1.58. The lowest BCUT2D eigenvalue weighted by atomic mass is 9.34. The van der Waals surface area contributed by atoms with Crippen molar-refractivity contribution in [1.82, 2.24) is 14.5 Å². The second kappa shape index (κ2) is 10.4. The van der Waals surface area contributed by atoms with Crippen molar-refractivity contribution in [3.05, 3.63) is 71.4 Å². The highest BCUT2D eigenvalue weighted by Crippen LogP contribution is 2.74. The second-order valence-electron chi connectivity index (χ2n) is 17.7. The number of Topliss-reactive ketones (excluding diaryl/α,β-unsaturated/α-hetero) is 1. The number of amides is 1. The summed E-state index contributed by atoms with van der Waals surface area (Å²) in [4.78, 5) is 67.3. The van der Waals surface area contributed by atoms with Gasteiger partial charge in [0, 0.05) is 40.9 Å². The number of allylic oxidation sites excluding steroid dienone is 4. The monoisotopic (exact) mass is 661 g/mol. The van der Waals surface area contributed by atoms with Crippen molar-refractivity contribution in [2.24, 2.45) is 56.0 Å². The maximum absolute atomic E-state index is 14.9. The zero-order valence-corrected chi connectivity index (χ0v) is 29.7. The fraction of sp³-hybridized carbons (Fsp3) is 0.575. The molecular formula is C40H47N5O4. The second-order valence-corrected chi connectivity index (χ2v) is 17.7. The van der Waals surface area contributed by atoms with Crippen molar-refractivity contribution in [2.75, 3.05) is 0 Å².